The molecule has 240 valence electrons. The minimum absolute atomic E-state index is 0.0434. The van der Waals surface area contributed by atoms with Crippen molar-refractivity contribution >= 4 is 29.2 Å². The quantitative estimate of drug-likeness (QED) is 0.416. The van der Waals surface area contributed by atoms with Crippen molar-refractivity contribution in [3.63, 3.8) is 0 Å². The van der Waals surface area contributed by atoms with E-state index in [4.69, 9.17) is 24.5 Å². The summed E-state index contributed by atoms with van der Waals surface area (Å²) >= 11 is 1.64. The summed E-state index contributed by atoms with van der Waals surface area (Å²) in [4.78, 5) is 36.1. The summed E-state index contributed by atoms with van der Waals surface area (Å²) in [6, 6.07) is 11.0. The van der Waals surface area contributed by atoms with Crippen molar-refractivity contribution < 1.29 is 60.1 Å². The molecule has 1 aromatic carbocycles. The highest BCUT2D eigenvalue weighted by Crippen LogP contribution is 2.32. The molecular formula is C26H30F7N3O6S. The summed E-state index contributed by atoms with van der Waals surface area (Å²) in [6.07, 6.45) is -8.92. The molecule has 2 saturated heterocycles. The van der Waals surface area contributed by atoms with Crippen LogP contribution in [0.2, 0.25) is 0 Å². The molecule has 0 bridgehead atoms. The van der Waals surface area contributed by atoms with Crippen LogP contribution in [0.3, 0.4) is 0 Å². The maximum atomic E-state index is 14.0. The van der Waals surface area contributed by atoms with Crippen molar-refractivity contribution in [1.29, 1.82) is 0 Å². The van der Waals surface area contributed by atoms with Gasteiger partial charge in [0.2, 0.25) is 0 Å². The van der Waals surface area contributed by atoms with Crippen molar-refractivity contribution in [2.75, 3.05) is 33.2 Å². The van der Waals surface area contributed by atoms with E-state index in [0.717, 1.165) is 42.9 Å². The van der Waals surface area contributed by atoms with Crippen LogP contribution in [0.25, 0.3) is 0 Å². The van der Waals surface area contributed by atoms with Gasteiger partial charge in [-0.15, -0.1) is 11.3 Å². The molecule has 43 heavy (non-hydrogen) atoms. The van der Waals surface area contributed by atoms with Crippen LogP contribution >= 0.6 is 11.3 Å². The number of carboxylic acids is 2. The summed E-state index contributed by atoms with van der Waals surface area (Å²) in [6.45, 7) is 4.27. The zero-order valence-electron chi connectivity index (χ0n) is 22.8. The van der Waals surface area contributed by atoms with E-state index in [9.17, 15) is 35.5 Å². The van der Waals surface area contributed by atoms with Gasteiger partial charge in [0, 0.05) is 43.2 Å². The Hall–Kier alpha value is -3.28. The van der Waals surface area contributed by atoms with Gasteiger partial charge in [0.1, 0.15) is 11.9 Å². The lowest BCUT2D eigenvalue weighted by Gasteiger charge is -2.48. The number of nitrogens with one attached hydrogen (secondary N) is 1. The molecule has 9 nitrogen and oxygen atoms in total. The molecule has 1 amide bonds. The number of amides is 1. The number of piperidine rings is 1. The summed E-state index contributed by atoms with van der Waals surface area (Å²) < 4.78 is 83.8. The van der Waals surface area contributed by atoms with Gasteiger partial charge in [-0.05, 0) is 37.4 Å². The normalized spacial score (nSPS) is 18.9. The van der Waals surface area contributed by atoms with E-state index in [0.29, 0.717) is 19.6 Å². The maximum absolute atomic E-state index is 14.0. The Morgan fingerprint density at radius 2 is 1.56 bits per heavy atom. The number of hydrogen-bond acceptors (Lipinski definition) is 7. The van der Waals surface area contributed by atoms with Gasteiger partial charge < -0.3 is 25.2 Å². The molecule has 0 radical (unpaired) electrons. The van der Waals surface area contributed by atoms with Crippen LogP contribution in [0, 0.1) is 5.82 Å². The van der Waals surface area contributed by atoms with E-state index < -0.39 is 30.4 Å². The minimum atomic E-state index is -5.08. The smallest absolute Gasteiger partial charge is 0.475 e. The predicted octanol–water partition coefficient (Wildman–Crippen LogP) is 4.14. The van der Waals surface area contributed by atoms with E-state index in [2.05, 4.69) is 22.2 Å². The fraction of sp³-hybridized carbons (Fsp3) is 0.500. The number of nitrogens with zero attached hydrogens (tertiary/aromatic N) is 2. The highest BCUT2D eigenvalue weighted by Gasteiger charge is 2.44. The van der Waals surface area contributed by atoms with Crippen LogP contribution in [-0.2, 0) is 32.2 Å². The topological polar surface area (TPSA) is 119 Å². The number of likely N-dealkylation sites (N-methyl/N-ethyl adjacent to an activating group) is 1. The zero-order valence-corrected chi connectivity index (χ0v) is 23.6. The van der Waals surface area contributed by atoms with Crippen molar-refractivity contribution in [1.82, 2.24) is 15.1 Å². The number of rotatable bonds is 5. The van der Waals surface area contributed by atoms with Gasteiger partial charge in [0.15, 0.2) is 0 Å². The van der Waals surface area contributed by atoms with Crippen molar-refractivity contribution in [3.8, 4) is 0 Å². The monoisotopic (exact) mass is 645 g/mol. The third-order valence-corrected chi connectivity index (χ3v) is 7.22. The molecule has 1 spiro atoms. The Morgan fingerprint density at radius 1 is 1.00 bits per heavy atom. The second-order valence-electron chi connectivity index (χ2n) is 9.76. The van der Waals surface area contributed by atoms with Crippen LogP contribution in [-0.4, -0.2) is 95.1 Å². The van der Waals surface area contributed by atoms with E-state index in [1.54, 1.807) is 17.4 Å². The molecule has 1 atom stereocenters. The third-order valence-electron chi connectivity index (χ3n) is 6.34. The number of aliphatic carboxylic acids is 2. The van der Waals surface area contributed by atoms with Crippen LogP contribution < -0.4 is 5.32 Å². The van der Waals surface area contributed by atoms with Crippen molar-refractivity contribution in [2.24, 2.45) is 0 Å². The second kappa shape index (κ2) is 15.4. The fourth-order valence-corrected chi connectivity index (χ4v) is 4.96. The standard InChI is InChI=1S/C22H28FN3O2S.2C2HF3O2/c1-25-15-20(21(27)24-13-18-6-4-12-29-18)28-22(16-25)8-10-26(11-9-22)14-17-5-2-3-7-19(17)23;2*3-2(4,5)1(6)7/h2-7,12,20H,8-11,13-16H2,1H3,(H,24,27);2*(H,6,7). The Morgan fingerprint density at radius 3 is 2.05 bits per heavy atom. The van der Waals surface area contributed by atoms with E-state index in [1.807, 2.05) is 29.6 Å². The first-order valence-electron chi connectivity index (χ1n) is 12.6. The first-order chi connectivity index (χ1) is 19.9. The number of carboxylic acid groups (broad SMARTS) is 2. The van der Waals surface area contributed by atoms with Gasteiger partial charge in [-0.3, -0.25) is 9.69 Å². The molecule has 2 aliphatic heterocycles. The highest BCUT2D eigenvalue weighted by atomic mass is 32.1. The molecule has 17 heteroatoms. The molecule has 1 aromatic heterocycles. The average molecular weight is 646 g/mol. The van der Waals surface area contributed by atoms with Gasteiger partial charge in [0.05, 0.1) is 12.1 Å². The van der Waals surface area contributed by atoms with E-state index in [-0.39, 0.29) is 17.3 Å². The molecule has 3 heterocycles. The molecule has 0 saturated carbocycles. The Bertz CT molecular complexity index is 1180. The third kappa shape index (κ3) is 12.1. The number of likely N-dealkylation sites (tertiary alicyclic amines) is 1. The van der Waals surface area contributed by atoms with Gasteiger partial charge in [-0.2, -0.15) is 26.3 Å². The summed E-state index contributed by atoms with van der Waals surface area (Å²) in [7, 11) is 2.05. The molecular weight excluding hydrogens is 615 g/mol. The summed E-state index contributed by atoms with van der Waals surface area (Å²) in [5, 5.41) is 19.3. The number of carbonyl (C=O) groups excluding carboxylic acids is 1. The Balaban J connectivity index is 0.000000384. The molecule has 1 unspecified atom stereocenters. The maximum Gasteiger partial charge on any atom is 0.490 e. The fourth-order valence-electron chi connectivity index (χ4n) is 4.32. The molecule has 2 aromatic rings. The lowest BCUT2D eigenvalue weighted by atomic mass is 9.88. The molecule has 2 fully saturated rings. The lowest BCUT2D eigenvalue weighted by Crippen LogP contribution is -2.61. The van der Waals surface area contributed by atoms with Crippen LogP contribution in [0.15, 0.2) is 41.8 Å². The van der Waals surface area contributed by atoms with Gasteiger partial charge in [-0.25, -0.2) is 14.0 Å². The van der Waals surface area contributed by atoms with Crippen molar-refractivity contribution in [3.05, 3.63) is 58.0 Å². The van der Waals surface area contributed by atoms with Crippen LogP contribution in [0.1, 0.15) is 23.3 Å². The number of benzene rings is 1. The SMILES string of the molecule is CN1CC(C(=O)NCc2cccs2)OC2(CCN(Cc3ccccc3F)CC2)C1.O=C(O)C(F)(F)F.O=C(O)C(F)(F)F. The number of halogens is 7. The lowest BCUT2D eigenvalue weighted by molar-refractivity contribution is -0.193. The molecule has 2 aliphatic rings. The van der Waals surface area contributed by atoms with Gasteiger partial charge in [0.25, 0.3) is 5.91 Å². The Kier molecular flexibility index (Phi) is 12.9. The minimum Gasteiger partial charge on any atom is -0.475 e. The summed E-state index contributed by atoms with van der Waals surface area (Å²) in [5.74, 6) is -5.71. The van der Waals surface area contributed by atoms with Crippen LogP contribution in [0.4, 0.5) is 30.7 Å². The Labute approximate surface area is 245 Å². The van der Waals surface area contributed by atoms with Gasteiger partial charge >= 0.3 is 24.3 Å². The predicted molar refractivity (Wildman–Crippen MR) is 140 cm³/mol. The van der Waals surface area contributed by atoms with Crippen LogP contribution in [0.5, 0.6) is 0 Å². The second-order valence-corrected chi connectivity index (χ2v) is 10.8. The first-order valence-corrected chi connectivity index (χ1v) is 13.5. The van der Waals surface area contributed by atoms with E-state index >= 15 is 0 Å². The first kappa shape index (κ1) is 35.9. The number of morpholine rings is 1. The van der Waals surface area contributed by atoms with Gasteiger partial charge in [-0.1, -0.05) is 24.3 Å². The number of carbonyl (C=O) groups is 3. The average Bonchev–Trinajstić information content (AvgIpc) is 3.43. The number of hydrogen-bond donors (Lipinski definition) is 3. The summed E-state index contributed by atoms with van der Waals surface area (Å²) in [5.41, 5.74) is 0.430. The number of alkyl halides is 6. The van der Waals surface area contributed by atoms with E-state index in [1.165, 1.54) is 6.07 Å². The number of ether oxygens (including phenoxy) is 1. The molecule has 0 aliphatic carbocycles. The molecule has 3 N–H and O–H groups in total. The largest absolute Gasteiger partial charge is 0.490 e. The van der Waals surface area contributed by atoms with Crippen molar-refractivity contribution in [2.45, 2.75) is 50.0 Å². The highest BCUT2D eigenvalue weighted by molar-refractivity contribution is 7.09. The molecule has 4 rings (SSSR count). The number of thiophene rings is 1. The zero-order chi connectivity index (χ0) is 32.4.